The Morgan fingerprint density at radius 2 is 0.358 bits per heavy atom. The Kier molecular flexibility index (Phi) is 19.4. The summed E-state index contributed by atoms with van der Waals surface area (Å²) >= 11 is 59.3. The molecule has 0 aliphatic heterocycles. The second-order valence-electron chi connectivity index (χ2n) is 22.5. The molecule has 24 heteroatoms. The maximum atomic E-state index is 4.81. The lowest BCUT2D eigenvalue weighted by Gasteiger charge is -2.14. The molecule has 7 aromatic heterocycles. The Balaban J connectivity index is 0.00000178. The molecule has 0 nitrogen and oxygen atoms in total. The summed E-state index contributed by atoms with van der Waals surface area (Å²) in [7, 11) is -10.6. The Hall–Kier alpha value is 3.91. The van der Waals surface area contributed by atoms with Crippen molar-refractivity contribution in [1.82, 2.24) is 0 Å². The first-order valence-corrected chi connectivity index (χ1v) is 55.6. The zero-order valence-corrected chi connectivity index (χ0v) is 65.8. The fourth-order valence-electron chi connectivity index (χ4n) is 7.20. The molecule has 0 radical (unpaired) electrons. The van der Waals surface area contributed by atoms with E-state index < -0.39 is 52.7 Å². The monoisotopic (exact) mass is 1610 g/mol. The summed E-state index contributed by atoms with van der Waals surface area (Å²) in [6, 6.07) is 0. The molecule has 368 valence electrons. The molecule has 0 aliphatic rings. The number of alkyl halides is 3. The lowest BCUT2D eigenvalue weighted by atomic mass is 10.3. The van der Waals surface area contributed by atoms with E-state index in [2.05, 4.69) is 281 Å². The molecule has 0 unspecified atom stereocenters. The molecule has 67 heavy (non-hydrogen) atoms. The first kappa shape index (κ1) is 60.1. The molecule has 0 saturated heterocycles. The number of rotatable bonds is 6. The minimum atomic E-state index is -1.77. The standard InChI is InChI=1S/C42H54Br6S9Si6.CHCl3/c1-58(2,3)37-25(43)19-20-26(44)38(59(4,5)6)53-32(20)50-34-23(29(47)41(55-34)62(13,14)15)24-30(48)42(63(16,17)18)57-36(24)51-35-22(28(46)40(56-35)61(10,11)12)21-27(45)39(60(7,8)9)54-33(21)49-31(19)52-37;2-1(3)4/h1-18H3;1H. The van der Waals surface area contributed by atoms with E-state index >= 15 is 0 Å². The van der Waals surface area contributed by atoms with Crippen LogP contribution >= 0.6 is 232 Å². The minimum absolute atomic E-state index is 0.750. The average molecular weight is 1610 g/mol. The van der Waals surface area contributed by atoms with Crippen LogP contribution in [0.1, 0.15) is 0 Å². The highest BCUT2D eigenvalue weighted by Crippen LogP contribution is 2.50. The summed E-state index contributed by atoms with van der Waals surface area (Å²) in [4.78, 5) is 0. The van der Waals surface area contributed by atoms with E-state index in [1.807, 2.05) is 34.0 Å². The third-order valence-corrected chi connectivity index (χ3v) is 51.5. The van der Waals surface area contributed by atoms with Crippen LogP contribution in [-0.2, 0) is 0 Å². The van der Waals surface area contributed by atoms with Crippen molar-refractivity contribution in [3.05, 3.63) is 26.8 Å². The molecule has 7 rings (SSSR count). The molecule has 0 bridgehead atoms. The Morgan fingerprint density at radius 3 is 0.448 bits per heavy atom. The highest BCUT2D eigenvalue weighted by Gasteiger charge is 2.34. The van der Waals surface area contributed by atoms with Gasteiger partial charge in [-0.3, -0.25) is 0 Å². The second-order valence-corrected chi connectivity index (χ2v) is 72.1. The number of fused-ring (bicyclic) bond motifs is 9. The summed E-state index contributed by atoms with van der Waals surface area (Å²) in [6.07, 6.45) is 0. The van der Waals surface area contributed by atoms with Gasteiger partial charge in [-0.2, -0.15) is 0 Å². The molecule has 0 N–H and O–H groups in total. The van der Waals surface area contributed by atoms with Gasteiger partial charge in [-0.15, -0.1) is 102 Å². The number of hydrogen-bond acceptors (Lipinski definition) is 9. The van der Waals surface area contributed by atoms with Gasteiger partial charge in [0.25, 0.3) is 0 Å². The molecule has 0 aromatic carbocycles. The van der Waals surface area contributed by atoms with E-state index in [1.54, 1.807) is 0 Å². The van der Waals surface area contributed by atoms with Crippen LogP contribution in [-0.4, -0.2) is 52.7 Å². The largest absolute Gasteiger partial charge is 0.180 e. The Labute approximate surface area is 505 Å². The number of halogens is 9. The summed E-state index contributed by atoms with van der Waals surface area (Å²) in [5.41, 5.74) is 0. The molecule has 7 aromatic rings. The van der Waals surface area contributed by atoms with Gasteiger partial charge in [0.15, 0.2) is 4.30 Å². The summed E-state index contributed by atoms with van der Waals surface area (Å²) in [6.45, 7) is 45.2. The third-order valence-electron chi connectivity index (χ3n) is 10.3. The Bertz CT molecular complexity index is 2730. The molecular weight excluding hydrogens is 1560 g/mol. The van der Waals surface area contributed by atoms with Crippen molar-refractivity contribution >= 4 is 364 Å². The van der Waals surface area contributed by atoms with Gasteiger partial charge < -0.3 is 0 Å². The highest BCUT2D eigenvalue weighted by atomic mass is 79.9. The molecule has 0 saturated carbocycles. The van der Waals surface area contributed by atoms with E-state index in [4.69, 9.17) is 34.8 Å². The normalized spacial score (nSPS) is 13.4. The predicted octanol–water partition coefficient (Wildman–Crippen LogP) is 22.4. The van der Waals surface area contributed by atoms with Crippen molar-refractivity contribution in [2.75, 3.05) is 0 Å². The quantitative estimate of drug-likeness (QED) is 0.115. The Morgan fingerprint density at radius 1 is 0.254 bits per heavy atom. The SMILES string of the molecule is C[Si](C)(C)c1sc2sc3sc([Si](C)(C)C)c(Br)c3c3c(Br)c([Si](C)(C)C)sc3sc3sc([Si](C)(C)C)c(Br)c3c3c(Br)c([Si](C)(C)C)sc3sc3sc([Si](C)(C)C)c(Br)c3c2c1Br.ClC(Cl)Cl. The molecule has 0 aliphatic carbocycles. The van der Waals surface area contributed by atoms with Gasteiger partial charge in [-0.05, 0) is 95.6 Å². The fourth-order valence-corrected chi connectivity index (χ4v) is 49.4. The van der Waals surface area contributed by atoms with Crippen LogP contribution in [0.15, 0.2) is 26.8 Å². The number of hydrogen-bond donors (Lipinski definition) is 0. The lowest BCUT2D eigenvalue weighted by Crippen LogP contribution is -2.36. The van der Waals surface area contributed by atoms with Crippen LogP contribution in [0.3, 0.4) is 0 Å². The molecule has 7 heterocycles. The van der Waals surface area contributed by atoms with Gasteiger partial charge in [-0.1, -0.05) is 153 Å². The van der Waals surface area contributed by atoms with Crippen LogP contribution in [0.5, 0.6) is 0 Å². The minimum Gasteiger partial charge on any atom is -0.133 e. The van der Waals surface area contributed by atoms with Gasteiger partial charge in [-0.25, -0.2) is 0 Å². The van der Waals surface area contributed by atoms with E-state index in [0.717, 1.165) is 0 Å². The highest BCUT2D eigenvalue weighted by molar-refractivity contribution is 9.11. The van der Waals surface area contributed by atoms with Crippen molar-refractivity contribution < 1.29 is 0 Å². The van der Waals surface area contributed by atoms with Crippen LogP contribution in [0.2, 0.25) is 118 Å². The smallest absolute Gasteiger partial charge is 0.133 e. The first-order chi connectivity index (χ1) is 30.3. The van der Waals surface area contributed by atoms with Crippen molar-refractivity contribution in [3.8, 4) is 0 Å². The topological polar surface area (TPSA) is 0 Å². The van der Waals surface area contributed by atoms with Crippen molar-refractivity contribution in [2.24, 2.45) is 0 Å². The molecule has 0 spiro atoms. The van der Waals surface area contributed by atoms with Gasteiger partial charge in [0.2, 0.25) is 0 Å². The van der Waals surface area contributed by atoms with E-state index in [9.17, 15) is 0 Å². The lowest BCUT2D eigenvalue weighted by molar-refractivity contribution is 1.77. The second kappa shape index (κ2) is 21.6. The third kappa shape index (κ3) is 12.6. The van der Waals surface area contributed by atoms with Gasteiger partial charge in [0.1, 0.15) is 0 Å². The maximum absolute atomic E-state index is 4.81. The molecular formula is C43H55Br6Cl3S9Si6. The zero-order chi connectivity index (χ0) is 50.8. The summed E-state index contributed by atoms with van der Waals surface area (Å²) < 4.78 is 24.7. The van der Waals surface area contributed by atoms with Crippen molar-refractivity contribution in [2.45, 2.75) is 122 Å². The summed E-state index contributed by atoms with van der Waals surface area (Å²) in [5, 5.41) is 8.25. The molecule has 0 fully saturated rings. The van der Waals surface area contributed by atoms with E-state index in [1.165, 1.54) is 110 Å². The van der Waals surface area contributed by atoms with E-state index in [-0.39, 0.29) is 0 Å². The van der Waals surface area contributed by atoms with Crippen molar-refractivity contribution in [1.29, 1.82) is 0 Å². The fraction of sp³-hybridized carbons (Fsp3) is 0.442. The van der Waals surface area contributed by atoms with Gasteiger partial charge in [0.05, 0.1) is 72.5 Å². The molecule has 0 atom stereocenters. The van der Waals surface area contributed by atoms with Gasteiger partial charge >= 0.3 is 0 Å². The van der Waals surface area contributed by atoms with Gasteiger partial charge in [0, 0.05) is 86.2 Å². The number of thiophene rings is 6. The predicted molar refractivity (Wildman–Crippen MR) is 371 cm³/mol. The first-order valence-electron chi connectivity index (χ1n) is 21.2. The zero-order valence-electron chi connectivity index (χ0n) is 40.7. The van der Waals surface area contributed by atoms with Crippen LogP contribution in [0, 0.1) is 0 Å². The van der Waals surface area contributed by atoms with Crippen LogP contribution in [0.25, 0.3) is 56.4 Å². The average Bonchev–Trinajstić information content (AvgIpc) is 3.95. The maximum Gasteiger partial charge on any atom is 0.180 e. The summed E-state index contributed by atoms with van der Waals surface area (Å²) in [5.74, 6) is 0. The van der Waals surface area contributed by atoms with Crippen LogP contribution < -0.4 is 27.0 Å². The molecule has 0 amide bonds. The van der Waals surface area contributed by atoms with Crippen LogP contribution in [0.4, 0.5) is 0 Å². The van der Waals surface area contributed by atoms with E-state index in [0.29, 0.717) is 0 Å². The van der Waals surface area contributed by atoms with Crippen molar-refractivity contribution in [3.63, 3.8) is 0 Å².